The number of amides is 1. The number of carbonyl (C=O) groups is 2. The number of aryl methyl sites for hydroxylation is 1. The van der Waals surface area contributed by atoms with Gasteiger partial charge >= 0.3 is 0 Å². The fourth-order valence-electron chi connectivity index (χ4n) is 5.03. The highest BCUT2D eigenvalue weighted by molar-refractivity contribution is 6.51. The Balaban J connectivity index is 1.87. The first-order chi connectivity index (χ1) is 18.7. The van der Waals surface area contributed by atoms with E-state index in [0.717, 1.165) is 34.4 Å². The molecule has 4 rings (SSSR count). The Morgan fingerprint density at radius 1 is 0.850 bits per heavy atom. The lowest BCUT2D eigenvalue weighted by Gasteiger charge is -2.27. The summed E-state index contributed by atoms with van der Waals surface area (Å²) in [7, 11) is 0. The van der Waals surface area contributed by atoms with Crippen LogP contribution in [0.2, 0.25) is 0 Å². The zero-order chi connectivity index (χ0) is 29.4. The number of benzene rings is 3. The number of nitrogens with zero attached hydrogens (tertiary/aromatic N) is 1. The summed E-state index contributed by atoms with van der Waals surface area (Å²) >= 11 is 0. The number of aliphatic hydroxyl groups is 1. The van der Waals surface area contributed by atoms with Crippen LogP contribution in [0.3, 0.4) is 0 Å². The molecule has 0 aromatic heterocycles. The topological polar surface area (TPSA) is 66.8 Å². The van der Waals surface area contributed by atoms with Gasteiger partial charge in [0.05, 0.1) is 18.2 Å². The number of Topliss-reactive ketones (excluding diaryl/α,β-unsaturated/α-hetero) is 1. The summed E-state index contributed by atoms with van der Waals surface area (Å²) in [5, 5.41) is 11.6. The molecule has 1 amide bonds. The van der Waals surface area contributed by atoms with Gasteiger partial charge < -0.3 is 9.84 Å². The summed E-state index contributed by atoms with van der Waals surface area (Å²) in [6, 6.07) is 20.3. The van der Waals surface area contributed by atoms with Crippen molar-refractivity contribution in [1.29, 1.82) is 0 Å². The van der Waals surface area contributed by atoms with Gasteiger partial charge in [-0.15, -0.1) is 0 Å². The molecule has 1 heterocycles. The van der Waals surface area contributed by atoms with Crippen LogP contribution in [-0.4, -0.2) is 23.4 Å². The van der Waals surface area contributed by atoms with Gasteiger partial charge in [-0.3, -0.25) is 14.5 Å². The fraction of sp³-hybridized carbons (Fsp3) is 0.371. The molecule has 0 saturated carbocycles. The van der Waals surface area contributed by atoms with Crippen molar-refractivity contribution in [2.24, 2.45) is 0 Å². The maximum absolute atomic E-state index is 13.6. The molecule has 0 spiro atoms. The van der Waals surface area contributed by atoms with Gasteiger partial charge in [0, 0.05) is 11.3 Å². The molecule has 3 aromatic carbocycles. The van der Waals surface area contributed by atoms with Gasteiger partial charge in [-0.05, 0) is 76.8 Å². The molecule has 0 aliphatic carbocycles. The summed E-state index contributed by atoms with van der Waals surface area (Å²) in [6.07, 6.45) is 0.884. The van der Waals surface area contributed by atoms with Crippen LogP contribution >= 0.6 is 0 Å². The van der Waals surface area contributed by atoms with Crippen molar-refractivity contribution in [3.63, 3.8) is 0 Å². The second kappa shape index (κ2) is 11.0. The lowest BCUT2D eigenvalue weighted by molar-refractivity contribution is -0.132. The van der Waals surface area contributed by atoms with Crippen molar-refractivity contribution < 1.29 is 19.4 Å². The lowest BCUT2D eigenvalue weighted by Crippen LogP contribution is -2.29. The monoisotopic (exact) mass is 539 g/mol. The molecule has 1 aliphatic rings. The van der Waals surface area contributed by atoms with Gasteiger partial charge in [-0.1, -0.05) is 84.9 Å². The zero-order valence-electron chi connectivity index (χ0n) is 25.0. The average molecular weight is 540 g/mol. The highest BCUT2D eigenvalue weighted by Crippen LogP contribution is 2.43. The predicted octanol–water partition coefficient (Wildman–Crippen LogP) is 8.01. The number of aliphatic hydroxyl groups excluding tert-OH is 1. The molecule has 1 atom stereocenters. The number of rotatable bonds is 6. The quantitative estimate of drug-likeness (QED) is 0.196. The van der Waals surface area contributed by atoms with Crippen LogP contribution in [0.25, 0.3) is 5.76 Å². The minimum Gasteiger partial charge on any atom is -0.507 e. The Labute approximate surface area is 238 Å². The van der Waals surface area contributed by atoms with Crippen LogP contribution in [-0.2, 0) is 20.4 Å². The van der Waals surface area contributed by atoms with Crippen molar-refractivity contribution in [2.45, 2.75) is 78.7 Å². The number of hydrogen-bond acceptors (Lipinski definition) is 4. The minimum absolute atomic E-state index is 0.0533. The van der Waals surface area contributed by atoms with E-state index in [4.69, 9.17) is 4.74 Å². The van der Waals surface area contributed by atoms with E-state index in [1.165, 1.54) is 4.90 Å². The normalized spacial score (nSPS) is 17.4. The third-order valence-corrected chi connectivity index (χ3v) is 7.46. The third-order valence-electron chi connectivity index (χ3n) is 7.46. The molecule has 1 N–H and O–H groups in total. The van der Waals surface area contributed by atoms with Crippen LogP contribution in [0.4, 0.5) is 5.69 Å². The second-order valence-electron chi connectivity index (χ2n) is 12.7. The molecule has 1 saturated heterocycles. The first kappa shape index (κ1) is 29.1. The first-order valence-electron chi connectivity index (χ1n) is 14.0. The highest BCUT2D eigenvalue weighted by atomic mass is 16.5. The van der Waals surface area contributed by atoms with Gasteiger partial charge in [-0.25, -0.2) is 0 Å². The largest absolute Gasteiger partial charge is 0.507 e. The number of hydrogen-bond donors (Lipinski definition) is 1. The summed E-state index contributed by atoms with van der Waals surface area (Å²) in [6.45, 7) is 17.3. The number of ether oxygens (including phenoxy) is 1. The van der Waals surface area contributed by atoms with E-state index < -0.39 is 17.7 Å². The SMILES string of the molecule is CCCOc1ccc(/C(O)=C2/C(=O)C(=O)N(c3ccc(C(C)(C)C)cc3)C2c2ccc(C(C)(C)C)cc2)cc1C. The summed E-state index contributed by atoms with van der Waals surface area (Å²) in [4.78, 5) is 28.7. The molecule has 0 radical (unpaired) electrons. The van der Waals surface area contributed by atoms with Gasteiger partial charge in [0.25, 0.3) is 11.7 Å². The van der Waals surface area contributed by atoms with Crippen molar-refractivity contribution in [3.05, 3.63) is 100 Å². The number of ketones is 1. The molecule has 1 fully saturated rings. The smallest absolute Gasteiger partial charge is 0.300 e. The second-order valence-corrected chi connectivity index (χ2v) is 12.7. The van der Waals surface area contributed by atoms with Crippen molar-refractivity contribution in [2.75, 3.05) is 11.5 Å². The zero-order valence-corrected chi connectivity index (χ0v) is 25.0. The predicted molar refractivity (Wildman–Crippen MR) is 162 cm³/mol. The van der Waals surface area contributed by atoms with Gasteiger partial charge in [0.2, 0.25) is 0 Å². The van der Waals surface area contributed by atoms with Crippen LogP contribution in [0.1, 0.15) is 88.7 Å². The average Bonchev–Trinajstić information content (AvgIpc) is 3.16. The fourth-order valence-corrected chi connectivity index (χ4v) is 5.03. The van der Waals surface area contributed by atoms with E-state index in [-0.39, 0.29) is 22.2 Å². The molecule has 5 heteroatoms. The van der Waals surface area contributed by atoms with Gasteiger partial charge in [0.15, 0.2) is 0 Å². The first-order valence-corrected chi connectivity index (χ1v) is 14.0. The Kier molecular flexibility index (Phi) is 7.98. The summed E-state index contributed by atoms with van der Waals surface area (Å²) in [5.41, 5.74) is 4.92. The number of anilines is 1. The Morgan fingerprint density at radius 3 is 1.90 bits per heavy atom. The van der Waals surface area contributed by atoms with E-state index in [0.29, 0.717) is 17.9 Å². The molecule has 0 bridgehead atoms. The van der Waals surface area contributed by atoms with Crippen LogP contribution in [0.5, 0.6) is 5.75 Å². The summed E-state index contributed by atoms with van der Waals surface area (Å²) in [5.74, 6) is -0.824. The molecule has 1 unspecified atom stereocenters. The lowest BCUT2D eigenvalue weighted by atomic mass is 9.85. The molecule has 40 heavy (non-hydrogen) atoms. The third kappa shape index (κ3) is 5.70. The van der Waals surface area contributed by atoms with Crippen LogP contribution in [0, 0.1) is 6.92 Å². The van der Waals surface area contributed by atoms with Gasteiger partial charge in [-0.2, -0.15) is 0 Å². The van der Waals surface area contributed by atoms with E-state index in [1.54, 1.807) is 18.2 Å². The Morgan fingerprint density at radius 2 is 1.40 bits per heavy atom. The standard InChI is InChI=1S/C35H41NO4/c1-9-20-40-28-19-12-24(21-22(28)2)31(37)29-30(23-10-13-25(14-11-23)34(3,4)5)36(33(39)32(29)38)27-17-15-26(16-18-27)35(6,7)8/h10-19,21,30,37H,9,20H2,1-8H3/b31-29-. The van der Waals surface area contributed by atoms with Crippen LogP contribution in [0.15, 0.2) is 72.3 Å². The van der Waals surface area contributed by atoms with Crippen molar-refractivity contribution in [1.82, 2.24) is 0 Å². The molecule has 5 nitrogen and oxygen atoms in total. The summed E-state index contributed by atoms with van der Waals surface area (Å²) < 4.78 is 5.79. The minimum atomic E-state index is -0.772. The van der Waals surface area contributed by atoms with Crippen molar-refractivity contribution >= 4 is 23.1 Å². The Bertz CT molecular complexity index is 1430. The van der Waals surface area contributed by atoms with E-state index >= 15 is 0 Å². The maximum Gasteiger partial charge on any atom is 0.300 e. The highest BCUT2D eigenvalue weighted by Gasteiger charge is 2.47. The molecule has 1 aliphatic heterocycles. The van der Waals surface area contributed by atoms with Gasteiger partial charge in [0.1, 0.15) is 11.5 Å². The van der Waals surface area contributed by atoms with E-state index in [1.807, 2.05) is 62.4 Å². The maximum atomic E-state index is 13.6. The number of carbonyl (C=O) groups excluding carboxylic acids is 2. The molecular formula is C35H41NO4. The molecule has 210 valence electrons. The Hall–Kier alpha value is -3.86. The van der Waals surface area contributed by atoms with Crippen LogP contribution < -0.4 is 9.64 Å². The molecular weight excluding hydrogens is 498 g/mol. The van der Waals surface area contributed by atoms with Crippen molar-refractivity contribution in [3.8, 4) is 5.75 Å². The molecule has 3 aromatic rings. The van der Waals surface area contributed by atoms with E-state index in [2.05, 4.69) is 41.5 Å². The van der Waals surface area contributed by atoms with E-state index in [9.17, 15) is 14.7 Å².